The second kappa shape index (κ2) is 9.33. The Labute approximate surface area is 183 Å². The van der Waals surface area contributed by atoms with Crippen molar-refractivity contribution in [2.45, 2.75) is 4.90 Å². The summed E-state index contributed by atoms with van der Waals surface area (Å²) in [5.74, 6) is 0.0506. The molecular weight excluding hydrogens is 450 g/mol. The van der Waals surface area contributed by atoms with Crippen molar-refractivity contribution >= 4 is 49.7 Å². The van der Waals surface area contributed by atoms with E-state index in [1.807, 2.05) is 0 Å². The van der Waals surface area contributed by atoms with Gasteiger partial charge in [0, 0.05) is 23.7 Å². The highest BCUT2D eigenvalue weighted by Gasteiger charge is 2.29. The molecule has 11 heteroatoms. The molecule has 3 aromatic rings. The Kier molecular flexibility index (Phi) is 6.80. The number of carbonyl (C=O) groups is 1. The number of sulfonamides is 1. The van der Waals surface area contributed by atoms with Crippen LogP contribution >= 0.6 is 22.9 Å². The number of hydrogen-bond acceptors (Lipinski definition) is 7. The molecule has 3 rings (SSSR count). The molecule has 8 nitrogen and oxygen atoms in total. The Balaban J connectivity index is 1.91. The molecule has 158 valence electrons. The summed E-state index contributed by atoms with van der Waals surface area (Å²) < 4.78 is 37.6. The van der Waals surface area contributed by atoms with Crippen LogP contribution in [0, 0.1) is 0 Å². The van der Waals surface area contributed by atoms with Crippen LogP contribution in [0.25, 0.3) is 0 Å². The lowest BCUT2D eigenvalue weighted by Crippen LogP contribution is -2.38. The summed E-state index contributed by atoms with van der Waals surface area (Å²) in [6, 6.07) is 10.8. The summed E-state index contributed by atoms with van der Waals surface area (Å²) in [5.41, 5.74) is 0.292. The second-order valence-electron chi connectivity index (χ2n) is 5.87. The molecule has 0 aliphatic heterocycles. The van der Waals surface area contributed by atoms with Crippen LogP contribution in [0.1, 0.15) is 0 Å². The molecular formula is C19H18ClN3O5S2. The Bertz CT molecular complexity index is 1120. The first-order chi connectivity index (χ1) is 14.4. The van der Waals surface area contributed by atoms with Gasteiger partial charge in [0.1, 0.15) is 18.0 Å². The first kappa shape index (κ1) is 21.9. The van der Waals surface area contributed by atoms with E-state index in [-0.39, 0.29) is 10.0 Å². The number of thiazole rings is 1. The first-order valence-corrected chi connectivity index (χ1v) is 11.2. The van der Waals surface area contributed by atoms with Gasteiger partial charge in [-0.3, -0.25) is 4.79 Å². The first-order valence-electron chi connectivity index (χ1n) is 8.55. The molecule has 30 heavy (non-hydrogen) atoms. The Morgan fingerprint density at radius 3 is 2.47 bits per heavy atom. The van der Waals surface area contributed by atoms with E-state index < -0.39 is 22.5 Å². The zero-order valence-corrected chi connectivity index (χ0v) is 18.4. The van der Waals surface area contributed by atoms with Gasteiger partial charge < -0.3 is 14.8 Å². The zero-order chi connectivity index (χ0) is 21.7. The summed E-state index contributed by atoms with van der Waals surface area (Å²) in [6.07, 6.45) is 1.47. The van der Waals surface area contributed by atoms with E-state index in [4.69, 9.17) is 21.1 Å². The summed E-state index contributed by atoms with van der Waals surface area (Å²) in [4.78, 5) is 16.9. The number of hydrogen-bond donors (Lipinski definition) is 1. The van der Waals surface area contributed by atoms with Gasteiger partial charge in [-0.05, 0) is 12.1 Å². The summed E-state index contributed by atoms with van der Waals surface area (Å²) in [7, 11) is -1.14. The lowest BCUT2D eigenvalue weighted by Gasteiger charge is -2.21. The number of nitrogens with one attached hydrogen (secondary N) is 1. The molecule has 1 N–H and O–H groups in total. The largest absolute Gasteiger partial charge is 0.495 e. The zero-order valence-electron chi connectivity index (χ0n) is 16.0. The third kappa shape index (κ3) is 4.66. The van der Waals surface area contributed by atoms with E-state index >= 15 is 0 Å². The quantitative estimate of drug-likeness (QED) is 0.543. The molecule has 0 bridgehead atoms. The predicted molar refractivity (Wildman–Crippen MR) is 116 cm³/mol. The van der Waals surface area contributed by atoms with E-state index in [0.717, 1.165) is 15.6 Å². The van der Waals surface area contributed by atoms with Crippen molar-refractivity contribution in [2.75, 3.05) is 30.4 Å². The normalized spacial score (nSPS) is 11.0. The van der Waals surface area contributed by atoms with Crippen LogP contribution in [0.15, 0.2) is 58.9 Å². The minimum absolute atomic E-state index is 0.0544. The van der Waals surface area contributed by atoms with Crippen molar-refractivity contribution in [1.29, 1.82) is 0 Å². The summed E-state index contributed by atoms with van der Waals surface area (Å²) >= 11 is 7.19. The van der Waals surface area contributed by atoms with Crippen molar-refractivity contribution in [3.05, 3.63) is 59.1 Å². The standard InChI is InChI=1S/C19H18ClN3O5S2/c1-27-16-11-15(17(28-2)10-14(16)20)22-18(24)12-23(19-21-8-9-29-19)30(25,26)13-6-4-3-5-7-13/h3-11H,12H2,1-2H3,(H,22,24). The summed E-state index contributed by atoms with van der Waals surface area (Å²) in [5, 5.41) is 4.76. The SMILES string of the molecule is COc1cc(NC(=O)CN(c2nccs2)S(=O)(=O)c2ccccc2)c(OC)cc1Cl. The average Bonchev–Trinajstić information content (AvgIpc) is 3.27. The molecule has 0 aliphatic rings. The lowest BCUT2D eigenvalue weighted by molar-refractivity contribution is -0.114. The maximum atomic E-state index is 13.1. The number of ether oxygens (including phenoxy) is 2. The van der Waals surface area contributed by atoms with Crippen LogP contribution in [0.3, 0.4) is 0 Å². The molecule has 0 aliphatic carbocycles. The van der Waals surface area contributed by atoms with Gasteiger partial charge in [-0.1, -0.05) is 29.8 Å². The van der Waals surface area contributed by atoms with Crippen LogP contribution < -0.4 is 19.1 Å². The maximum Gasteiger partial charge on any atom is 0.266 e. The van der Waals surface area contributed by atoms with Crippen molar-refractivity contribution in [1.82, 2.24) is 4.98 Å². The molecule has 0 radical (unpaired) electrons. The number of amides is 1. The van der Waals surface area contributed by atoms with Crippen LogP contribution in [-0.2, 0) is 14.8 Å². The van der Waals surface area contributed by atoms with Gasteiger partial charge in [-0.15, -0.1) is 11.3 Å². The predicted octanol–water partition coefficient (Wildman–Crippen LogP) is 3.65. The number of methoxy groups -OCH3 is 2. The fraction of sp³-hybridized carbons (Fsp3) is 0.158. The van der Waals surface area contributed by atoms with Crippen molar-refractivity contribution < 1.29 is 22.7 Å². The highest BCUT2D eigenvalue weighted by molar-refractivity contribution is 7.93. The Morgan fingerprint density at radius 2 is 1.87 bits per heavy atom. The minimum atomic E-state index is -4.00. The molecule has 0 unspecified atom stereocenters. The second-order valence-corrected chi connectivity index (χ2v) is 9.02. The van der Waals surface area contributed by atoms with E-state index in [1.54, 1.807) is 23.6 Å². The van der Waals surface area contributed by atoms with Gasteiger partial charge in [0.05, 0.1) is 29.8 Å². The number of rotatable bonds is 8. The fourth-order valence-corrected chi connectivity index (χ4v) is 5.09. The molecule has 1 amide bonds. The van der Waals surface area contributed by atoms with Gasteiger partial charge in [0.15, 0.2) is 5.13 Å². The van der Waals surface area contributed by atoms with E-state index in [9.17, 15) is 13.2 Å². The monoisotopic (exact) mass is 467 g/mol. The van der Waals surface area contributed by atoms with Crippen molar-refractivity contribution in [3.8, 4) is 11.5 Å². The number of anilines is 2. The molecule has 0 saturated heterocycles. The third-order valence-corrected chi connectivity index (χ3v) is 6.95. The van der Waals surface area contributed by atoms with Crippen molar-refractivity contribution in [2.24, 2.45) is 0 Å². The average molecular weight is 468 g/mol. The van der Waals surface area contributed by atoms with E-state index in [2.05, 4.69) is 10.3 Å². The molecule has 0 fully saturated rings. The smallest absolute Gasteiger partial charge is 0.266 e. The van der Waals surface area contributed by atoms with Gasteiger partial charge in [0.25, 0.3) is 10.0 Å². The van der Waals surface area contributed by atoms with Crippen LogP contribution in [-0.4, -0.2) is 40.1 Å². The topological polar surface area (TPSA) is 97.8 Å². The lowest BCUT2D eigenvalue weighted by atomic mass is 10.2. The highest BCUT2D eigenvalue weighted by atomic mass is 35.5. The number of benzene rings is 2. The Morgan fingerprint density at radius 1 is 1.17 bits per heavy atom. The maximum absolute atomic E-state index is 13.1. The molecule has 0 spiro atoms. The number of aromatic nitrogens is 1. The van der Waals surface area contributed by atoms with Gasteiger partial charge >= 0.3 is 0 Å². The van der Waals surface area contributed by atoms with Crippen LogP contribution in [0.5, 0.6) is 11.5 Å². The van der Waals surface area contributed by atoms with Crippen LogP contribution in [0.4, 0.5) is 10.8 Å². The van der Waals surface area contributed by atoms with Gasteiger partial charge in [-0.25, -0.2) is 17.7 Å². The number of halogens is 1. The van der Waals surface area contributed by atoms with E-state index in [0.29, 0.717) is 22.2 Å². The molecule has 1 heterocycles. The van der Waals surface area contributed by atoms with Gasteiger partial charge in [0.2, 0.25) is 5.91 Å². The minimum Gasteiger partial charge on any atom is -0.495 e. The number of nitrogens with zero attached hydrogens (tertiary/aromatic N) is 2. The van der Waals surface area contributed by atoms with Crippen molar-refractivity contribution in [3.63, 3.8) is 0 Å². The molecule has 0 saturated carbocycles. The number of carbonyl (C=O) groups excluding carboxylic acids is 1. The fourth-order valence-electron chi connectivity index (χ4n) is 2.59. The summed E-state index contributed by atoms with van der Waals surface area (Å²) in [6.45, 7) is -0.487. The highest BCUT2D eigenvalue weighted by Crippen LogP contribution is 2.36. The molecule has 2 aromatic carbocycles. The van der Waals surface area contributed by atoms with Gasteiger partial charge in [-0.2, -0.15) is 0 Å². The molecule has 0 atom stereocenters. The third-order valence-electron chi connectivity index (χ3n) is 4.00. The Hall–Kier alpha value is -2.82. The van der Waals surface area contributed by atoms with Crippen LogP contribution in [0.2, 0.25) is 5.02 Å². The molecule has 1 aromatic heterocycles. The van der Waals surface area contributed by atoms with E-state index in [1.165, 1.54) is 44.7 Å².